The zero-order valence-electron chi connectivity index (χ0n) is 39.9. The second-order valence-corrected chi connectivity index (χ2v) is 24.0. The van der Waals surface area contributed by atoms with Gasteiger partial charge in [-0.1, -0.05) is 32.4 Å². The molecule has 5 aromatic rings. The van der Waals surface area contributed by atoms with Crippen LogP contribution < -0.4 is 10.2 Å². The number of likely N-dealkylation sites (N-methyl/N-ethyl adjacent to an activating group) is 1. The fraction of sp³-hybridized carbons (Fsp3) is 0.306. The Labute approximate surface area is 417 Å². The van der Waals surface area contributed by atoms with Gasteiger partial charge in [0.05, 0.1) is 26.5 Å². The second kappa shape index (κ2) is 19.3. The van der Waals surface area contributed by atoms with E-state index in [0.29, 0.717) is 96.2 Å². The van der Waals surface area contributed by atoms with Crippen LogP contribution >= 0.6 is 0 Å². The van der Waals surface area contributed by atoms with Crippen LogP contribution in [-0.4, -0.2) is 104 Å². The van der Waals surface area contributed by atoms with Gasteiger partial charge in [-0.25, -0.2) is 0 Å². The number of rotatable bonds is 17. The molecule has 4 aromatic carbocycles. The molecule has 2 aliphatic rings. The monoisotopic (exact) mass is 1070 g/mol. The van der Waals surface area contributed by atoms with Crippen LogP contribution in [0.4, 0.5) is 11.4 Å². The lowest BCUT2D eigenvalue weighted by Crippen LogP contribution is -2.28. The molecule has 72 heavy (non-hydrogen) atoms. The van der Waals surface area contributed by atoms with Gasteiger partial charge in [0.15, 0.2) is 5.71 Å². The Morgan fingerprint density at radius 2 is 1.29 bits per heavy atom. The van der Waals surface area contributed by atoms with E-state index in [1.54, 1.807) is 36.4 Å². The van der Waals surface area contributed by atoms with E-state index in [1.807, 2.05) is 63.2 Å². The van der Waals surface area contributed by atoms with E-state index in [2.05, 4.69) is 10.3 Å². The number of amides is 1. The highest BCUT2D eigenvalue weighted by Gasteiger charge is 2.46. The highest BCUT2D eigenvalue weighted by Crippen LogP contribution is 2.52. The Morgan fingerprint density at radius 1 is 0.708 bits per heavy atom. The van der Waals surface area contributed by atoms with Crippen molar-refractivity contribution in [3.05, 3.63) is 119 Å². The Bertz CT molecular complexity index is 3710. The van der Waals surface area contributed by atoms with Gasteiger partial charge in [0.25, 0.3) is 46.4 Å². The maximum Gasteiger partial charge on any atom is 0.303 e. The summed E-state index contributed by atoms with van der Waals surface area (Å²) in [6.45, 7) is 12.2. The number of anilines is 1. The van der Waals surface area contributed by atoms with Gasteiger partial charge in [0.2, 0.25) is 5.69 Å². The molecule has 382 valence electrons. The molecular weight excluding hydrogens is 1010 g/mol. The largest absolute Gasteiger partial charge is 0.481 e. The normalized spacial score (nSPS) is 16.6. The number of nitrogens with one attached hydrogen (secondary N) is 1. The Kier molecular flexibility index (Phi) is 14.4. The summed E-state index contributed by atoms with van der Waals surface area (Å²) in [5.74, 6) is -1.30. The number of aliphatic carboxylic acids is 1. The molecule has 6 N–H and O–H groups in total. The van der Waals surface area contributed by atoms with Crippen molar-refractivity contribution >= 4 is 96.6 Å². The molecule has 0 unspecified atom stereocenters. The predicted molar refractivity (Wildman–Crippen MR) is 270 cm³/mol. The maximum atomic E-state index is 13.2. The van der Waals surface area contributed by atoms with Gasteiger partial charge in [0, 0.05) is 76.6 Å². The zero-order valence-corrected chi connectivity index (χ0v) is 43.2. The summed E-state index contributed by atoms with van der Waals surface area (Å²) >= 11 is 0. The average molecular weight is 1070 g/mol. The number of carboxylic acid groups (broad SMARTS) is 1. The number of carboxylic acids is 1. The van der Waals surface area contributed by atoms with Gasteiger partial charge in [-0.2, -0.15) is 38.2 Å². The number of allylic oxidation sites excluding steroid dienone is 6. The second-order valence-electron chi connectivity index (χ2n) is 18.4. The lowest BCUT2D eigenvalue weighted by Gasteiger charge is -2.26. The fourth-order valence-corrected chi connectivity index (χ4v) is 12.5. The molecule has 0 aliphatic carbocycles. The highest BCUT2D eigenvalue weighted by atomic mass is 32.2. The molecule has 1 aromatic heterocycles. The van der Waals surface area contributed by atoms with Crippen molar-refractivity contribution in [1.82, 2.24) is 10.3 Å². The van der Waals surface area contributed by atoms with E-state index in [-0.39, 0.29) is 33.5 Å². The van der Waals surface area contributed by atoms with Crippen LogP contribution in [0.15, 0.2) is 116 Å². The highest BCUT2D eigenvalue weighted by molar-refractivity contribution is 7.87. The van der Waals surface area contributed by atoms with Crippen LogP contribution in [0.5, 0.6) is 0 Å². The van der Waals surface area contributed by atoms with E-state index in [4.69, 9.17) is 5.11 Å². The van der Waals surface area contributed by atoms with E-state index in [0.717, 1.165) is 12.1 Å². The number of carbonyl (C=O) groups is 2. The molecule has 0 saturated carbocycles. The molecule has 0 bridgehead atoms. The molecule has 0 spiro atoms. The molecule has 0 fully saturated rings. The summed E-state index contributed by atoms with van der Waals surface area (Å²) in [7, 11) is -19.9. The van der Waals surface area contributed by atoms with Gasteiger partial charge in [-0.3, -0.25) is 32.8 Å². The van der Waals surface area contributed by atoms with Crippen molar-refractivity contribution in [3.8, 4) is 0 Å². The van der Waals surface area contributed by atoms with Crippen molar-refractivity contribution in [3.63, 3.8) is 0 Å². The van der Waals surface area contributed by atoms with Gasteiger partial charge in [0.1, 0.15) is 16.3 Å². The van der Waals surface area contributed by atoms with Crippen LogP contribution in [0.25, 0.3) is 27.1 Å². The third kappa shape index (κ3) is 10.2. The summed E-state index contributed by atoms with van der Waals surface area (Å²) < 4.78 is 143. The number of benzene rings is 4. The zero-order chi connectivity index (χ0) is 53.1. The molecule has 7 rings (SSSR count). The average Bonchev–Trinajstić information content (AvgIpc) is 3.65. The van der Waals surface area contributed by atoms with Gasteiger partial charge in [-0.05, 0) is 118 Å². The number of aromatic nitrogens is 1. The molecule has 0 radical (unpaired) electrons. The van der Waals surface area contributed by atoms with Crippen LogP contribution in [0.1, 0.15) is 94.4 Å². The summed E-state index contributed by atoms with van der Waals surface area (Å²) in [6.07, 6.45) is 10.2. The quantitative estimate of drug-likeness (QED) is 0.0227. The molecule has 2 aliphatic heterocycles. The van der Waals surface area contributed by atoms with Crippen molar-refractivity contribution < 1.29 is 71.2 Å². The Morgan fingerprint density at radius 3 is 1.81 bits per heavy atom. The minimum atomic E-state index is -4.99. The molecule has 19 nitrogen and oxygen atoms in total. The topological polar surface area (TPSA) is 303 Å². The van der Waals surface area contributed by atoms with E-state index < -0.39 is 82.8 Å². The number of carbonyl (C=O) groups excluding carboxylic acids is 1. The summed E-state index contributed by atoms with van der Waals surface area (Å²) in [5, 5.41) is 12.1. The van der Waals surface area contributed by atoms with E-state index >= 15 is 0 Å². The first-order chi connectivity index (χ1) is 33.4. The Hall–Kier alpha value is -6.18. The number of hydrogen-bond acceptors (Lipinski definition) is 12. The number of pyridine rings is 1. The first-order valence-electron chi connectivity index (χ1n) is 22.5. The van der Waals surface area contributed by atoms with Crippen LogP contribution in [0, 0.1) is 0 Å². The molecule has 0 saturated heterocycles. The minimum Gasteiger partial charge on any atom is -0.481 e. The van der Waals surface area contributed by atoms with Gasteiger partial charge >= 0.3 is 5.97 Å². The summed E-state index contributed by atoms with van der Waals surface area (Å²) in [4.78, 5) is 27.8. The fourth-order valence-electron chi connectivity index (χ4n) is 9.83. The van der Waals surface area contributed by atoms with Crippen LogP contribution in [0.3, 0.4) is 0 Å². The van der Waals surface area contributed by atoms with Crippen LogP contribution in [-0.2, 0) is 56.1 Å². The number of hydrogen-bond donors (Lipinski definition) is 6. The molecule has 23 heteroatoms. The van der Waals surface area contributed by atoms with Crippen LogP contribution in [0.2, 0.25) is 0 Å². The minimum absolute atomic E-state index is 0.0218. The van der Waals surface area contributed by atoms with E-state index in [9.17, 15) is 61.5 Å². The standard InChI is InChI=1S/C49H52N4O15S4/c1-7-52-38-19-16-33-35(24-31(69(57,58)59)26-40(33)71(63,64)65)45(38)48(3,4)42(52)21-14-29(37-18-13-30(28-51-37)47(56)50-23-11-9-10-12-44(54)55)15-22-43-49(5,6)46-36-25-32(70(60,61)62)27-41(72(66,67)68)34(36)17-20-39(46)53(43)8-2/h13-22,24-28H,7-12,23H2,1-6H3,(H5-,50,54,55,56,57,58,59,60,61,62,63,64,65,66,67,68)/p+1. The number of fused-ring (bicyclic) bond motifs is 6. The first kappa shape index (κ1) is 53.6. The van der Waals surface area contributed by atoms with Crippen molar-refractivity contribution in [1.29, 1.82) is 0 Å². The summed E-state index contributed by atoms with van der Waals surface area (Å²) in [6, 6.07) is 13.2. The molecular formula is C49H53N4O15S4+. The Balaban J connectivity index is 1.38. The molecule has 0 atom stereocenters. The third-order valence-electron chi connectivity index (χ3n) is 13.1. The SMILES string of the molecule is CCN1C(=CC=C(C=CC2=[N+](CC)c3ccc4c(S(=O)(=O)O)cc(S(=O)(=O)O)cc4c3C2(C)C)c2ccc(C(=O)NCCCCCC(=O)O)cn2)C(C)(C)c2c1ccc1c(S(=O)(=O)O)cc(S(=O)(=O)O)cc21. The van der Waals surface area contributed by atoms with Crippen molar-refractivity contribution in [2.75, 3.05) is 24.5 Å². The summed E-state index contributed by atoms with van der Waals surface area (Å²) in [5.41, 5.74) is 2.65. The lowest BCUT2D eigenvalue weighted by atomic mass is 9.79. The van der Waals surface area contributed by atoms with Gasteiger partial charge in [-0.15, -0.1) is 0 Å². The third-order valence-corrected chi connectivity index (χ3v) is 16.5. The maximum absolute atomic E-state index is 13.2. The van der Waals surface area contributed by atoms with Crippen molar-refractivity contribution in [2.24, 2.45) is 0 Å². The molecule has 1 amide bonds. The van der Waals surface area contributed by atoms with Crippen molar-refractivity contribution in [2.45, 2.75) is 97.6 Å². The number of nitrogens with zero attached hydrogens (tertiary/aromatic N) is 3. The van der Waals surface area contributed by atoms with E-state index in [1.165, 1.54) is 18.3 Å². The van der Waals surface area contributed by atoms with Gasteiger partial charge < -0.3 is 15.3 Å². The first-order valence-corrected chi connectivity index (χ1v) is 28.3. The number of unbranched alkanes of at least 4 members (excludes halogenated alkanes) is 2. The smallest absolute Gasteiger partial charge is 0.303 e. The predicted octanol–water partition coefficient (Wildman–Crippen LogP) is 7.49. The molecule has 3 heterocycles. The lowest BCUT2D eigenvalue weighted by molar-refractivity contribution is -0.433.